The third-order valence-corrected chi connectivity index (χ3v) is 5.29. The molecule has 3 aliphatic rings. The summed E-state index contributed by atoms with van der Waals surface area (Å²) in [7, 11) is 0. The van der Waals surface area contributed by atoms with Gasteiger partial charge in [0.15, 0.2) is 5.41 Å². The molecule has 0 bridgehead atoms. The van der Waals surface area contributed by atoms with Crippen molar-refractivity contribution in [2.24, 2.45) is 5.41 Å². The van der Waals surface area contributed by atoms with Gasteiger partial charge in [0.25, 0.3) is 5.79 Å². The van der Waals surface area contributed by atoms with Crippen LogP contribution >= 0.6 is 11.6 Å². The van der Waals surface area contributed by atoms with E-state index in [1.165, 1.54) is 0 Å². The molecule has 3 aliphatic heterocycles. The summed E-state index contributed by atoms with van der Waals surface area (Å²) in [6.45, 7) is 3.96. The van der Waals surface area contributed by atoms with E-state index in [4.69, 9.17) is 21.1 Å². The van der Waals surface area contributed by atoms with Crippen LogP contribution in [0.15, 0.2) is 18.2 Å². The van der Waals surface area contributed by atoms with Crippen LogP contribution in [0.4, 0.5) is 5.69 Å². The smallest absolute Gasteiger partial charge is 0.329 e. The summed E-state index contributed by atoms with van der Waals surface area (Å²) < 4.78 is 10.9. The largest absolute Gasteiger partial charge is 0.422 e. The molecule has 0 aromatic heterocycles. The van der Waals surface area contributed by atoms with Gasteiger partial charge in [0.05, 0.1) is 6.04 Å². The number of anilines is 1. The fourth-order valence-electron chi connectivity index (χ4n) is 4.09. The first kappa shape index (κ1) is 14.8. The first-order valence-corrected chi connectivity index (χ1v) is 8.23. The van der Waals surface area contributed by atoms with Crippen LogP contribution in [0.2, 0.25) is 5.02 Å². The number of benzene rings is 1. The molecule has 5 nitrogen and oxygen atoms in total. The standard InChI is InChI=1S/C17H18ClNO4/c1-16(2)22-14(20)17(15(21)23-16)9-10-5-6-11(18)8-12(10)19-7-3-4-13(17)19/h5-6,8,13H,3-4,7,9H2,1-2H3/t13-/m1/s1. The number of fused-ring (bicyclic) bond motifs is 4. The molecule has 0 radical (unpaired) electrons. The van der Waals surface area contributed by atoms with Crippen molar-refractivity contribution in [3.63, 3.8) is 0 Å². The molecule has 0 N–H and O–H groups in total. The summed E-state index contributed by atoms with van der Waals surface area (Å²) in [5.74, 6) is -2.16. The van der Waals surface area contributed by atoms with Crippen molar-refractivity contribution in [2.75, 3.05) is 11.4 Å². The predicted octanol–water partition coefficient (Wildman–Crippen LogP) is 2.69. The molecule has 2 saturated heterocycles. The van der Waals surface area contributed by atoms with E-state index < -0.39 is 23.1 Å². The highest BCUT2D eigenvalue weighted by Gasteiger charge is 2.64. The van der Waals surface area contributed by atoms with E-state index in [-0.39, 0.29) is 6.04 Å². The second kappa shape index (κ2) is 4.63. The molecule has 23 heavy (non-hydrogen) atoms. The average molecular weight is 336 g/mol. The molecular weight excluding hydrogens is 318 g/mol. The number of cyclic esters (lactones) is 2. The van der Waals surface area contributed by atoms with E-state index in [1.807, 2.05) is 12.1 Å². The number of halogens is 1. The van der Waals surface area contributed by atoms with Crippen molar-refractivity contribution in [1.82, 2.24) is 0 Å². The molecule has 122 valence electrons. The van der Waals surface area contributed by atoms with Crippen LogP contribution in [0.5, 0.6) is 0 Å². The number of ether oxygens (including phenoxy) is 2. The summed E-state index contributed by atoms with van der Waals surface area (Å²) in [6.07, 6.45) is 1.98. The molecule has 4 rings (SSSR count). The maximum absolute atomic E-state index is 12.8. The quantitative estimate of drug-likeness (QED) is 0.539. The number of rotatable bonds is 0. The number of hydrogen-bond acceptors (Lipinski definition) is 5. The summed E-state index contributed by atoms with van der Waals surface area (Å²) in [4.78, 5) is 27.8. The molecule has 1 aromatic rings. The van der Waals surface area contributed by atoms with Crippen molar-refractivity contribution >= 4 is 29.2 Å². The lowest BCUT2D eigenvalue weighted by molar-refractivity contribution is -0.252. The van der Waals surface area contributed by atoms with Crippen LogP contribution in [-0.4, -0.2) is 30.3 Å². The second-order valence-corrected chi connectivity index (χ2v) is 7.39. The van der Waals surface area contributed by atoms with E-state index in [1.54, 1.807) is 19.9 Å². The lowest BCUT2D eigenvalue weighted by atomic mass is 9.70. The highest BCUT2D eigenvalue weighted by Crippen LogP contribution is 2.50. The zero-order valence-corrected chi connectivity index (χ0v) is 13.9. The molecule has 6 heteroatoms. The van der Waals surface area contributed by atoms with Crippen LogP contribution in [0.1, 0.15) is 32.3 Å². The Morgan fingerprint density at radius 3 is 2.61 bits per heavy atom. The third-order valence-electron chi connectivity index (χ3n) is 5.05. The molecular formula is C17H18ClNO4. The van der Waals surface area contributed by atoms with Gasteiger partial charge in [-0.3, -0.25) is 9.59 Å². The van der Waals surface area contributed by atoms with Gasteiger partial charge in [-0.25, -0.2) is 0 Å². The molecule has 1 aromatic carbocycles. The third kappa shape index (κ3) is 1.99. The molecule has 3 heterocycles. The minimum atomic E-state index is -1.27. The number of esters is 2. The van der Waals surface area contributed by atoms with Crippen LogP contribution in [0, 0.1) is 5.41 Å². The molecule has 0 aliphatic carbocycles. The van der Waals surface area contributed by atoms with E-state index in [0.717, 1.165) is 30.6 Å². The van der Waals surface area contributed by atoms with Gasteiger partial charge >= 0.3 is 11.9 Å². The first-order valence-electron chi connectivity index (χ1n) is 7.85. The van der Waals surface area contributed by atoms with Crippen molar-refractivity contribution in [2.45, 2.75) is 44.9 Å². The van der Waals surface area contributed by atoms with Crippen LogP contribution < -0.4 is 4.90 Å². The Hall–Kier alpha value is -1.75. The summed E-state index contributed by atoms with van der Waals surface area (Å²) in [5.41, 5.74) is 0.671. The second-order valence-electron chi connectivity index (χ2n) is 6.95. The van der Waals surface area contributed by atoms with Crippen LogP contribution in [0.3, 0.4) is 0 Å². The molecule has 0 amide bonds. The number of carbonyl (C=O) groups is 2. The highest BCUT2D eigenvalue weighted by molar-refractivity contribution is 6.30. The lowest BCUT2D eigenvalue weighted by Gasteiger charge is -2.49. The minimum absolute atomic E-state index is 0.232. The van der Waals surface area contributed by atoms with E-state index >= 15 is 0 Å². The molecule has 0 saturated carbocycles. The maximum Gasteiger partial charge on any atom is 0.329 e. The first-order chi connectivity index (χ1) is 10.8. The fraction of sp³-hybridized carbons (Fsp3) is 0.529. The van der Waals surface area contributed by atoms with Gasteiger partial charge in [-0.2, -0.15) is 0 Å². The molecule has 2 fully saturated rings. The SMILES string of the molecule is CC1(C)OC(=O)C2(Cc3ccc(Cl)cc3N3CCC[C@@H]32)C(=O)O1. The van der Waals surface area contributed by atoms with Crippen LogP contribution in [0.25, 0.3) is 0 Å². The predicted molar refractivity (Wildman–Crippen MR) is 84.2 cm³/mol. The summed E-state index contributed by atoms with van der Waals surface area (Å²) >= 11 is 6.13. The van der Waals surface area contributed by atoms with E-state index in [9.17, 15) is 9.59 Å². The van der Waals surface area contributed by atoms with Crippen molar-refractivity contribution < 1.29 is 19.1 Å². The Bertz CT molecular complexity index is 695. The Labute approximate surface area is 139 Å². The Morgan fingerprint density at radius 1 is 1.22 bits per heavy atom. The average Bonchev–Trinajstić information content (AvgIpc) is 2.94. The van der Waals surface area contributed by atoms with Crippen molar-refractivity contribution in [1.29, 1.82) is 0 Å². The Kier molecular flexibility index (Phi) is 2.98. The van der Waals surface area contributed by atoms with Gasteiger partial charge in [-0.15, -0.1) is 0 Å². The Balaban J connectivity index is 1.85. The van der Waals surface area contributed by atoms with Gasteiger partial charge in [0, 0.05) is 37.5 Å². The molecule has 0 unspecified atom stereocenters. The normalized spacial score (nSPS) is 27.3. The van der Waals surface area contributed by atoms with Crippen LogP contribution in [-0.2, 0) is 25.5 Å². The van der Waals surface area contributed by atoms with Gasteiger partial charge in [0.1, 0.15) is 0 Å². The van der Waals surface area contributed by atoms with Gasteiger partial charge in [-0.1, -0.05) is 17.7 Å². The van der Waals surface area contributed by atoms with Gasteiger partial charge in [-0.05, 0) is 30.5 Å². The van der Waals surface area contributed by atoms with Gasteiger partial charge in [0.2, 0.25) is 0 Å². The fourth-order valence-corrected chi connectivity index (χ4v) is 4.26. The number of carbonyl (C=O) groups excluding carboxylic acids is 2. The summed E-state index contributed by atoms with van der Waals surface area (Å²) in [6, 6.07) is 5.35. The molecule has 1 atom stereocenters. The van der Waals surface area contributed by atoms with Crippen molar-refractivity contribution in [3.05, 3.63) is 28.8 Å². The topological polar surface area (TPSA) is 55.8 Å². The highest BCUT2D eigenvalue weighted by atomic mass is 35.5. The minimum Gasteiger partial charge on any atom is -0.422 e. The zero-order valence-electron chi connectivity index (χ0n) is 13.1. The number of hydrogen-bond donors (Lipinski definition) is 0. The number of nitrogens with zero attached hydrogens (tertiary/aromatic N) is 1. The van der Waals surface area contributed by atoms with E-state index in [2.05, 4.69) is 4.90 Å². The zero-order chi connectivity index (χ0) is 16.4. The van der Waals surface area contributed by atoms with E-state index in [0.29, 0.717) is 11.4 Å². The maximum atomic E-state index is 12.8. The monoisotopic (exact) mass is 335 g/mol. The lowest BCUT2D eigenvalue weighted by Crippen LogP contribution is -2.64. The summed E-state index contributed by atoms with van der Waals surface area (Å²) in [5, 5.41) is 0.653. The van der Waals surface area contributed by atoms with Crippen molar-refractivity contribution in [3.8, 4) is 0 Å². The molecule has 1 spiro atoms. The van der Waals surface area contributed by atoms with Gasteiger partial charge < -0.3 is 14.4 Å². The Morgan fingerprint density at radius 2 is 1.91 bits per heavy atom.